The van der Waals surface area contributed by atoms with Crippen LogP contribution in [0.5, 0.6) is 0 Å². The third kappa shape index (κ3) is 2.64. The number of hydrogen-bond donors (Lipinski definition) is 0. The Morgan fingerprint density at radius 2 is 1.60 bits per heavy atom. The summed E-state index contributed by atoms with van der Waals surface area (Å²) in [7, 11) is 0. The van der Waals surface area contributed by atoms with E-state index in [4.69, 9.17) is 11.6 Å². The zero-order valence-electron chi connectivity index (χ0n) is 12.3. The van der Waals surface area contributed by atoms with Crippen LogP contribution in [0.3, 0.4) is 0 Å². The average molecular weight is 287 g/mol. The first-order valence-corrected chi connectivity index (χ1v) is 7.09. The lowest BCUT2D eigenvalue weighted by molar-refractivity contribution is 0.0908. The molecule has 0 aliphatic rings. The Hall–Kier alpha value is -1.60. The van der Waals surface area contributed by atoms with Gasteiger partial charge in [-0.3, -0.25) is 4.79 Å². The molecule has 0 spiro atoms. The number of hydrogen-bond acceptors (Lipinski definition) is 1. The van der Waals surface area contributed by atoms with E-state index >= 15 is 0 Å². The van der Waals surface area contributed by atoms with E-state index in [0.29, 0.717) is 5.02 Å². The molecule has 1 nitrogen and oxygen atoms in total. The van der Waals surface area contributed by atoms with Crippen LogP contribution < -0.4 is 0 Å². The van der Waals surface area contributed by atoms with Crippen LogP contribution in [0.15, 0.2) is 42.5 Å². The SMILES string of the molecule is Cc1cc(C(=O)C(C)(C)c2ccccc2)c(C)cc1Cl. The monoisotopic (exact) mass is 286 g/mol. The van der Waals surface area contributed by atoms with Crippen LogP contribution >= 0.6 is 11.6 Å². The lowest BCUT2D eigenvalue weighted by atomic mass is 9.77. The molecule has 0 aromatic heterocycles. The van der Waals surface area contributed by atoms with Crippen LogP contribution in [0.4, 0.5) is 0 Å². The highest BCUT2D eigenvalue weighted by Gasteiger charge is 2.31. The Morgan fingerprint density at radius 3 is 2.20 bits per heavy atom. The smallest absolute Gasteiger partial charge is 0.173 e. The van der Waals surface area contributed by atoms with E-state index in [9.17, 15) is 4.79 Å². The van der Waals surface area contributed by atoms with Gasteiger partial charge in [-0.2, -0.15) is 0 Å². The van der Waals surface area contributed by atoms with Gasteiger partial charge >= 0.3 is 0 Å². The highest BCUT2D eigenvalue weighted by atomic mass is 35.5. The molecule has 0 radical (unpaired) electrons. The molecule has 2 heteroatoms. The zero-order valence-corrected chi connectivity index (χ0v) is 13.1. The Balaban J connectivity index is 2.49. The van der Waals surface area contributed by atoms with E-state index in [-0.39, 0.29) is 5.78 Å². The minimum atomic E-state index is -0.549. The van der Waals surface area contributed by atoms with Crippen LogP contribution in [0.1, 0.15) is 40.9 Å². The van der Waals surface area contributed by atoms with Gasteiger partial charge in [0, 0.05) is 10.6 Å². The molecule has 2 rings (SSSR count). The molecule has 0 N–H and O–H groups in total. The molecule has 0 saturated heterocycles. The Bertz CT molecular complexity index is 642. The van der Waals surface area contributed by atoms with Crippen LogP contribution in [0.25, 0.3) is 0 Å². The third-order valence-corrected chi connectivity index (χ3v) is 4.22. The van der Waals surface area contributed by atoms with Crippen molar-refractivity contribution in [1.29, 1.82) is 0 Å². The summed E-state index contributed by atoms with van der Waals surface area (Å²) in [6, 6.07) is 13.6. The minimum Gasteiger partial charge on any atom is -0.293 e. The van der Waals surface area contributed by atoms with Crippen LogP contribution in [0, 0.1) is 13.8 Å². The maximum atomic E-state index is 12.9. The molecule has 0 unspecified atom stereocenters. The topological polar surface area (TPSA) is 17.1 Å². The summed E-state index contributed by atoms with van der Waals surface area (Å²) in [6.45, 7) is 7.79. The highest BCUT2D eigenvalue weighted by Crippen LogP contribution is 2.30. The van der Waals surface area contributed by atoms with Crippen molar-refractivity contribution in [2.24, 2.45) is 0 Å². The molecule has 0 bridgehead atoms. The maximum Gasteiger partial charge on any atom is 0.173 e. The molecule has 0 heterocycles. The predicted octanol–water partition coefficient (Wildman–Crippen LogP) is 5.12. The number of Topliss-reactive ketones (excluding diaryl/α,β-unsaturated/α-hetero) is 1. The molecule has 0 fully saturated rings. The number of benzene rings is 2. The number of aryl methyl sites for hydroxylation is 2. The normalized spacial score (nSPS) is 11.4. The summed E-state index contributed by atoms with van der Waals surface area (Å²) in [5, 5.41) is 0.705. The van der Waals surface area contributed by atoms with Crippen molar-refractivity contribution >= 4 is 17.4 Å². The summed E-state index contributed by atoms with van der Waals surface area (Å²) in [6.07, 6.45) is 0. The van der Waals surface area contributed by atoms with Gasteiger partial charge in [0.05, 0.1) is 5.41 Å². The molecule has 2 aromatic rings. The van der Waals surface area contributed by atoms with Crippen molar-refractivity contribution < 1.29 is 4.79 Å². The molecule has 0 aliphatic carbocycles. The first-order chi connectivity index (χ1) is 9.34. The largest absolute Gasteiger partial charge is 0.293 e. The van der Waals surface area contributed by atoms with E-state index in [1.807, 2.05) is 70.2 Å². The van der Waals surface area contributed by atoms with Crippen molar-refractivity contribution in [3.63, 3.8) is 0 Å². The number of halogens is 1. The van der Waals surface area contributed by atoms with Crippen LogP contribution in [-0.4, -0.2) is 5.78 Å². The number of carbonyl (C=O) groups excluding carboxylic acids is 1. The van der Waals surface area contributed by atoms with Crippen molar-refractivity contribution in [3.8, 4) is 0 Å². The van der Waals surface area contributed by atoms with Gasteiger partial charge in [-0.1, -0.05) is 41.9 Å². The zero-order chi connectivity index (χ0) is 14.9. The van der Waals surface area contributed by atoms with Gasteiger partial charge < -0.3 is 0 Å². The predicted molar refractivity (Wildman–Crippen MR) is 84.7 cm³/mol. The average Bonchev–Trinajstić information content (AvgIpc) is 2.43. The number of ketones is 1. The molecule has 0 saturated carbocycles. The molecule has 104 valence electrons. The van der Waals surface area contributed by atoms with E-state index in [1.54, 1.807) is 0 Å². The summed E-state index contributed by atoms with van der Waals surface area (Å²) >= 11 is 6.11. The van der Waals surface area contributed by atoms with Crippen LogP contribution in [0.2, 0.25) is 5.02 Å². The van der Waals surface area contributed by atoms with Gasteiger partial charge in [0.1, 0.15) is 0 Å². The second-order valence-electron chi connectivity index (χ2n) is 5.74. The minimum absolute atomic E-state index is 0.126. The van der Waals surface area contributed by atoms with Gasteiger partial charge in [0.15, 0.2) is 5.78 Å². The van der Waals surface area contributed by atoms with Crippen molar-refractivity contribution in [1.82, 2.24) is 0 Å². The van der Waals surface area contributed by atoms with E-state index in [0.717, 1.165) is 22.3 Å². The Labute approximate surface area is 125 Å². The van der Waals surface area contributed by atoms with Gasteiger partial charge in [-0.05, 0) is 56.5 Å². The van der Waals surface area contributed by atoms with Gasteiger partial charge in [-0.25, -0.2) is 0 Å². The molecule has 20 heavy (non-hydrogen) atoms. The molecule has 0 aliphatic heterocycles. The first-order valence-electron chi connectivity index (χ1n) is 6.71. The van der Waals surface area contributed by atoms with Gasteiger partial charge in [-0.15, -0.1) is 0 Å². The lowest BCUT2D eigenvalue weighted by Crippen LogP contribution is -2.29. The lowest BCUT2D eigenvalue weighted by Gasteiger charge is -2.25. The molecular formula is C18H19ClO. The van der Waals surface area contributed by atoms with E-state index in [2.05, 4.69) is 0 Å². The van der Waals surface area contributed by atoms with E-state index < -0.39 is 5.41 Å². The number of rotatable bonds is 3. The van der Waals surface area contributed by atoms with Gasteiger partial charge in [0.2, 0.25) is 0 Å². The molecule has 2 aromatic carbocycles. The highest BCUT2D eigenvalue weighted by molar-refractivity contribution is 6.31. The second-order valence-corrected chi connectivity index (χ2v) is 6.14. The number of carbonyl (C=O) groups is 1. The Morgan fingerprint density at radius 1 is 1.00 bits per heavy atom. The fourth-order valence-electron chi connectivity index (χ4n) is 2.35. The van der Waals surface area contributed by atoms with Crippen molar-refractivity contribution in [3.05, 3.63) is 69.7 Å². The second kappa shape index (κ2) is 5.41. The fourth-order valence-corrected chi connectivity index (χ4v) is 2.57. The first kappa shape index (κ1) is 14.8. The standard InChI is InChI=1S/C18H19ClO/c1-12-11-16(19)13(2)10-15(12)17(20)18(3,4)14-8-6-5-7-9-14/h5-11H,1-4H3. The van der Waals surface area contributed by atoms with Crippen LogP contribution in [-0.2, 0) is 5.41 Å². The maximum absolute atomic E-state index is 12.9. The summed E-state index contributed by atoms with van der Waals surface area (Å²) in [5.74, 6) is 0.126. The fraction of sp³-hybridized carbons (Fsp3) is 0.278. The van der Waals surface area contributed by atoms with E-state index in [1.165, 1.54) is 0 Å². The summed E-state index contributed by atoms with van der Waals surface area (Å²) in [5.41, 5.74) is 3.09. The quantitative estimate of drug-likeness (QED) is 0.716. The molecule has 0 atom stereocenters. The van der Waals surface area contributed by atoms with Gasteiger partial charge in [0.25, 0.3) is 0 Å². The molecule has 0 amide bonds. The van der Waals surface area contributed by atoms with Crippen molar-refractivity contribution in [2.45, 2.75) is 33.1 Å². The molecular weight excluding hydrogens is 268 g/mol. The summed E-state index contributed by atoms with van der Waals surface area (Å²) < 4.78 is 0. The summed E-state index contributed by atoms with van der Waals surface area (Å²) in [4.78, 5) is 12.9. The Kier molecular flexibility index (Phi) is 4.01. The third-order valence-electron chi connectivity index (χ3n) is 3.81. The van der Waals surface area contributed by atoms with Crippen molar-refractivity contribution in [2.75, 3.05) is 0 Å².